The molecular weight excluding hydrogens is 349 g/mol. The largest absolute Gasteiger partial charge is 0.454 e. The first kappa shape index (κ1) is 16.8. The van der Waals surface area contributed by atoms with Crippen LogP contribution in [0, 0.1) is 12.9 Å². The lowest BCUT2D eigenvalue weighted by Crippen LogP contribution is -2.08. The number of ketones is 1. The molecule has 27 heavy (non-hydrogen) atoms. The first-order valence-electron chi connectivity index (χ1n) is 8.16. The van der Waals surface area contributed by atoms with Gasteiger partial charge in [-0.05, 0) is 36.8 Å². The summed E-state index contributed by atoms with van der Waals surface area (Å²) < 4.78 is 20.6. The van der Waals surface area contributed by atoms with E-state index in [1.807, 2.05) is 13.0 Å². The molecule has 0 atom stereocenters. The standard InChI is InChI=1S/C19H14FN5O2/c1-12-5-14(9-21-8-12)27-15-7-16(19-22-11-23-25(19)10-15)17(26)6-13-3-2-4-18(20)24-13/h2-5,7-11H,6H2,1H3. The highest BCUT2D eigenvalue weighted by molar-refractivity contribution is 6.02. The zero-order valence-electron chi connectivity index (χ0n) is 14.3. The van der Waals surface area contributed by atoms with Crippen molar-refractivity contribution in [3.05, 3.63) is 78.0 Å². The number of Topliss-reactive ketones (excluding diaryl/α,β-unsaturated/α-hetero) is 1. The van der Waals surface area contributed by atoms with Gasteiger partial charge in [0.25, 0.3) is 0 Å². The van der Waals surface area contributed by atoms with Gasteiger partial charge in [0.1, 0.15) is 17.8 Å². The van der Waals surface area contributed by atoms with Crippen molar-refractivity contribution < 1.29 is 13.9 Å². The van der Waals surface area contributed by atoms with Gasteiger partial charge in [-0.2, -0.15) is 9.49 Å². The minimum absolute atomic E-state index is 0.0598. The molecule has 0 saturated heterocycles. The fourth-order valence-corrected chi connectivity index (χ4v) is 2.69. The number of ether oxygens (including phenoxy) is 1. The summed E-state index contributed by atoms with van der Waals surface area (Å²) in [6.45, 7) is 1.90. The summed E-state index contributed by atoms with van der Waals surface area (Å²) in [5.74, 6) is 0.0616. The van der Waals surface area contributed by atoms with Gasteiger partial charge in [-0.15, -0.1) is 0 Å². The fraction of sp³-hybridized carbons (Fsp3) is 0.105. The van der Waals surface area contributed by atoms with Crippen molar-refractivity contribution in [3.8, 4) is 11.5 Å². The van der Waals surface area contributed by atoms with Gasteiger partial charge in [0.15, 0.2) is 11.4 Å². The van der Waals surface area contributed by atoms with E-state index in [0.717, 1.165) is 5.56 Å². The van der Waals surface area contributed by atoms with Crippen LogP contribution in [0.5, 0.6) is 11.5 Å². The SMILES string of the molecule is Cc1cncc(Oc2cc(C(=O)Cc3cccc(F)n3)c3ncnn3c2)c1. The molecule has 0 amide bonds. The molecule has 8 heteroatoms. The van der Waals surface area contributed by atoms with Crippen molar-refractivity contribution in [3.63, 3.8) is 0 Å². The quantitative estimate of drug-likeness (QED) is 0.400. The smallest absolute Gasteiger partial charge is 0.213 e. The molecule has 0 unspecified atom stereocenters. The summed E-state index contributed by atoms with van der Waals surface area (Å²) in [6, 6.07) is 7.77. The molecule has 4 rings (SSSR count). The molecule has 0 saturated carbocycles. The molecular formula is C19H14FN5O2. The highest BCUT2D eigenvalue weighted by atomic mass is 19.1. The van der Waals surface area contributed by atoms with E-state index in [4.69, 9.17) is 4.74 Å². The van der Waals surface area contributed by atoms with Crippen LogP contribution in [0.25, 0.3) is 5.65 Å². The average Bonchev–Trinajstić information content (AvgIpc) is 3.09. The summed E-state index contributed by atoms with van der Waals surface area (Å²) >= 11 is 0. The van der Waals surface area contributed by atoms with Gasteiger partial charge in [0.05, 0.1) is 30.1 Å². The molecule has 7 nitrogen and oxygen atoms in total. The lowest BCUT2D eigenvalue weighted by Gasteiger charge is -2.09. The first-order valence-corrected chi connectivity index (χ1v) is 8.16. The first-order chi connectivity index (χ1) is 13.1. The van der Waals surface area contributed by atoms with Crippen LogP contribution in [0.4, 0.5) is 4.39 Å². The van der Waals surface area contributed by atoms with Crippen molar-refractivity contribution in [2.75, 3.05) is 0 Å². The Bertz CT molecular complexity index is 1140. The van der Waals surface area contributed by atoms with E-state index in [9.17, 15) is 9.18 Å². The van der Waals surface area contributed by atoms with E-state index in [2.05, 4.69) is 20.1 Å². The Morgan fingerprint density at radius 2 is 2.11 bits per heavy atom. The summed E-state index contributed by atoms with van der Waals surface area (Å²) in [7, 11) is 0. The molecule has 0 fully saturated rings. The average molecular weight is 363 g/mol. The van der Waals surface area contributed by atoms with Gasteiger partial charge in [0.2, 0.25) is 5.95 Å². The maximum atomic E-state index is 13.3. The minimum Gasteiger partial charge on any atom is -0.454 e. The zero-order chi connectivity index (χ0) is 18.8. The molecule has 0 aliphatic rings. The number of hydrogen-bond donors (Lipinski definition) is 0. The zero-order valence-corrected chi connectivity index (χ0v) is 14.3. The van der Waals surface area contributed by atoms with Crippen LogP contribution in [0.3, 0.4) is 0 Å². The number of aromatic nitrogens is 5. The monoisotopic (exact) mass is 363 g/mol. The van der Waals surface area contributed by atoms with E-state index >= 15 is 0 Å². The van der Waals surface area contributed by atoms with Gasteiger partial charge in [-0.3, -0.25) is 9.78 Å². The predicted octanol–water partition coefficient (Wildman–Crippen LogP) is 3.18. The topological polar surface area (TPSA) is 82.3 Å². The molecule has 0 bridgehead atoms. The number of fused-ring (bicyclic) bond motifs is 1. The molecule has 0 aromatic carbocycles. The van der Waals surface area contributed by atoms with Crippen molar-refractivity contribution >= 4 is 11.4 Å². The second kappa shape index (κ2) is 6.91. The molecule has 0 N–H and O–H groups in total. The lowest BCUT2D eigenvalue weighted by atomic mass is 10.1. The number of hydrogen-bond acceptors (Lipinski definition) is 6. The van der Waals surface area contributed by atoms with Crippen LogP contribution in [-0.4, -0.2) is 30.3 Å². The molecule has 0 spiro atoms. The Balaban J connectivity index is 1.69. The van der Waals surface area contributed by atoms with Crippen LogP contribution in [0.15, 0.2) is 55.2 Å². The highest BCUT2D eigenvalue weighted by Crippen LogP contribution is 2.24. The van der Waals surface area contributed by atoms with E-state index in [-0.39, 0.29) is 12.2 Å². The number of carbonyl (C=O) groups excluding carboxylic acids is 1. The minimum atomic E-state index is -0.628. The molecule has 134 valence electrons. The lowest BCUT2D eigenvalue weighted by molar-refractivity contribution is 0.0992. The van der Waals surface area contributed by atoms with Crippen LogP contribution in [0.1, 0.15) is 21.6 Å². The van der Waals surface area contributed by atoms with Crippen LogP contribution >= 0.6 is 0 Å². The second-order valence-electron chi connectivity index (χ2n) is 5.97. The van der Waals surface area contributed by atoms with E-state index in [0.29, 0.717) is 28.4 Å². The van der Waals surface area contributed by atoms with Gasteiger partial charge in [0, 0.05) is 6.20 Å². The Morgan fingerprint density at radius 3 is 2.93 bits per heavy atom. The summed E-state index contributed by atoms with van der Waals surface area (Å²) in [6.07, 6.45) is 6.22. The van der Waals surface area contributed by atoms with E-state index in [1.165, 1.54) is 23.0 Å². The van der Waals surface area contributed by atoms with Crippen LogP contribution in [-0.2, 0) is 6.42 Å². The molecule has 0 aliphatic carbocycles. The summed E-state index contributed by atoms with van der Waals surface area (Å²) in [5.41, 5.74) is 2.00. The molecule has 4 aromatic heterocycles. The third kappa shape index (κ3) is 3.64. The molecule has 4 aromatic rings. The summed E-state index contributed by atoms with van der Waals surface area (Å²) in [5, 5.41) is 4.08. The maximum absolute atomic E-state index is 13.3. The number of rotatable bonds is 5. The molecule has 0 aliphatic heterocycles. The Kier molecular flexibility index (Phi) is 4.29. The normalized spacial score (nSPS) is 10.9. The Labute approximate surface area is 153 Å². The van der Waals surface area contributed by atoms with Crippen LogP contribution < -0.4 is 4.74 Å². The van der Waals surface area contributed by atoms with Crippen molar-refractivity contribution in [2.24, 2.45) is 0 Å². The van der Waals surface area contributed by atoms with E-state index < -0.39 is 5.95 Å². The van der Waals surface area contributed by atoms with Crippen molar-refractivity contribution in [1.82, 2.24) is 24.6 Å². The third-order valence-corrected chi connectivity index (χ3v) is 3.85. The Morgan fingerprint density at radius 1 is 1.22 bits per heavy atom. The molecule has 4 heterocycles. The fourth-order valence-electron chi connectivity index (χ4n) is 2.69. The number of carbonyl (C=O) groups is 1. The number of halogens is 1. The number of nitrogens with zero attached hydrogens (tertiary/aromatic N) is 5. The number of aryl methyl sites for hydroxylation is 1. The van der Waals surface area contributed by atoms with Gasteiger partial charge < -0.3 is 4.74 Å². The number of pyridine rings is 3. The second-order valence-corrected chi connectivity index (χ2v) is 5.97. The van der Waals surface area contributed by atoms with Crippen molar-refractivity contribution in [1.29, 1.82) is 0 Å². The van der Waals surface area contributed by atoms with E-state index in [1.54, 1.807) is 30.7 Å². The third-order valence-electron chi connectivity index (χ3n) is 3.85. The predicted molar refractivity (Wildman–Crippen MR) is 94.3 cm³/mol. The summed E-state index contributed by atoms with van der Waals surface area (Å²) in [4.78, 5) is 24.7. The van der Waals surface area contributed by atoms with Crippen LogP contribution in [0.2, 0.25) is 0 Å². The van der Waals surface area contributed by atoms with Crippen molar-refractivity contribution in [2.45, 2.75) is 13.3 Å². The highest BCUT2D eigenvalue weighted by Gasteiger charge is 2.16. The van der Waals surface area contributed by atoms with Gasteiger partial charge in [-0.1, -0.05) is 6.07 Å². The Hall–Kier alpha value is -3.68. The van der Waals surface area contributed by atoms with Gasteiger partial charge in [-0.25, -0.2) is 14.5 Å². The maximum Gasteiger partial charge on any atom is 0.213 e. The molecule has 0 radical (unpaired) electrons. The van der Waals surface area contributed by atoms with Gasteiger partial charge >= 0.3 is 0 Å².